The predicted molar refractivity (Wildman–Crippen MR) is 136 cm³/mol. The Labute approximate surface area is 212 Å². The molecule has 3 aromatic carbocycles. The van der Waals surface area contributed by atoms with Crippen LogP contribution in [0.1, 0.15) is 0 Å². The van der Waals surface area contributed by atoms with Crippen LogP contribution in [0.3, 0.4) is 0 Å². The number of carbonyl (C=O) groups excluding carboxylic acids is 1. The molecule has 0 saturated heterocycles. The average Bonchev–Trinajstić information content (AvgIpc) is 2.75. The van der Waals surface area contributed by atoms with Gasteiger partial charge in [-0.3, -0.25) is 13.8 Å². The lowest BCUT2D eigenvalue weighted by atomic mass is 10.3. The second-order valence-electron chi connectivity index (χ2n) is 7.00. The van der Waals surface area contributed by atoms with Gasteiger partial charge in [-0.05, 0) is 48.5 Å². The molecule has 3 rings (SSSR count). The van der Waals surface area contributed by atoms with Crippen LogP contribution in [0.4, 0.5) is 17.1 Å². The summed E-state index contributed by atoms with van der Waals surface area (Å²) >= 11 is 18.0. The number of para-hydroxylation sites is 1. The van der Waals surface area contributed by atoms with E-state index in [0.717, 1.165) is 10.6 Å². The van der Waals surface area contributed by atoms with E-state index in [2.05, 4.69) is 10.0 Å². The van der Waals surface area contributed by atoms with Crippen LogP contribution in [0.2, 0.25) is 15.1 Å². The molecule has 1 amide bonds. The number of hydrogen-bond donors (Lipinski definition) is 2. The smallest absolute Gasteiger partial charge is 0.261 e. The summed E-state index contributed by atoms with van der Waals surface area (Å²) in [5.74, 6) is -0.648. The van der Waals surface area contributed by atoms with Crippen LogP contribution in [-0.4, -0.2) is 35.5 Å². The number of rotatable bonds is 8. The highest BCUT2D eigenvalue weighted by molar-refractivity contribution is 7.92. The number of halogens is 3. The SMILES string of the molecule is CS(=O)(=O)N(CC(=O)Nc1ccc(S(=O)(=O)Nc2cccc(Cl)c2Cl)cc1)c1ccccc1Cl. The molecule has 0 atom stereocenters. The summed E-state index contributed by atoms with van der Waals surface area (Å²) in [6.07, 6.45) is 0.961. The lowest BCUT2D eigenvalue weighted by Gasteiger charge is -2.22. The highest BCUT2D eigenvalue weighted by Crippen LogP contribution is 2.31. The standard InChI is InChI=1S/C21H18Cl3N3O5S2/c1-33(29,30)27(19-8-3-2-5-16(19)22)13-20(28)25-14-9-11-15(12-10-14)34(31,32)26-18-7-4-6-17(23)21(18)24/h2-12,26H,13H2,1H3,(H,25,28). The number of carbonyl (C=O) groups is 1. The second kappa shape index (κ2) is 10.4. The van der Waals surface area contributed by atoms with E-state index in [1.165, 1.54) is 48.5 Å². The summed E-state index contributed by atoms with van der Waals surface area (Å²) in [5.41, 5.74) is 0.540. The molecule has 0 heterocycles. The van der Waals surface area contributed by atoms with Gasteiger partial charge in [0.05, 0.1) is 37.6 Å². The van der Waals surface area contributed by atoms with Gasteiger partial charge in [0, 0.05) is 5.69 Å². The first-order valence-corrected chi connectivity index (χ1v) is 13.9. The maximum Gasteiger partial charge on any atom is 0.261 e. The molecule has 3 aromatic rings. The van der Waals surface area contributed by atoms with Crippen LogP contribution in [0.15, 0.2) is 71.6 Å². The van der Waals surface area contributed by atoms with E-state index in [1.807, 2.05) is 0 Å². The molecular weight excluding hydrogens is 545 g/mol. The maximum absolute atomic E-state index is 12.7. The molecule has 0 unspecified atom stereocenters. The van der Waals surface area contributed by atoms with Gasteiger partial charge >= 0.3 is 0 Å². The topological polar surface area (TPSA) is 113 Å². The molecule has 34 heavy (non-hydrogen) atoms. The molecule has 0 fully saturated rings. The Morgan fingerprint density at radius 3 is 2.09 bits per heavy atom. The predicted octanol–water partition coefficient (Wildman–Crippen LogP) is 4.85. The van der Waals surface area contributed by atoms with Gasteiger partial charge in [-0.1, -0.05) is 53.0 Å². The largest absolute Gasteiger partial charge is 0.325 e. The van der Waals surface area contributed by atoms with Crippen molar-refractivity contribution >= 4 is 77.8 Å². The molecule has 0 bridgehead atoms. The van der Waals surface area contributed by atoms with Gasteiger partial charge in [-0.15, -0.1) is 0 Å². The Hall–Kier alpha value is -2.50. The van der Waals surface area contributed by atoms with Crippen molar-refractivity contribution in [3.8, 4) is 0 Å². The van der Waals surface area contributed by atoms with Gasteiger partial charge in [-0.25, -0.2) is 16.8 Å². The monoisotopic (exact) mass is 561 g/mol. The minimum Gasteiger partial charge on any atom is -0.325 e. The lowest BCUT2D eigenvalue weighted by Crippen LogP contribution is -2.37. The summed E-state index contributed by atoms with van der Waals surface area (Å²) in [6.45, 7) is -0.530. The van der Waals surface area contributed by atoms with Crippen molar-refractivity contribution in [1.82, 2.24) is 0 Å². The van der Waals surface area contributed by atoms with Crippen molar-refractivity contribution < 1.29 is 21.6 Å². The molecule has 0 aliphatic heterocycles. The number of nitrogens with zero attached hydrogens (tertiary/aromatic N) is 1. The number of nitrogens with one attached hydrogen (secondary N) is 2. The van der Waals surface area contributed by atoms with Crippen LogP contribution in [0.25, 0.3) is 0 Å². The van der Waals surface area contributed by atoms with Crippen LogP contribution >= 0.6 is 34.8 Å². The number of hydrogen-bond acceptors (Lipinski definition) is 5. The molecule has 2 N–H and O–H groups in total. The number of benzene rings is 3. The van der Waals surface area contributed by atoms with Crippen molar-refractivity contribution in [3.05, 3.63) is 81.8 Å². The van der Waals surface area contributed by atoms with E-state index in [9.17, 15) is 21.6 Å². The number of anilines is 3. The average molecular weight is 563 g/mol. The van der Waals surface area contributed by atoms with Crippen LogP contribution in [-0.2, 0) is 24.8 Å². The van der Waals surface area contributed by atoms with E-state index in [0.29, 0.717) is 0 Å². The maximum atomic E-state index is 12.7. The van der Waals surface area contributed by atoms with Gasteiger partial charge in [0.1, 0.15) is 6.54 Å². The fourth-order valence-electron chi connectivity index (χ4n) is 2.87. The van der Waals surface area contributed by atoms with Gasteiger partial charge in [0.25, 0.3) is 10.0 Å². The van der Waals surface area contributed by atoms with Crippen LogP contribution in [0, 0.1) is 0 Å². The summed E-state index contributed by atoms with van der Waals surface area (Å²) in [7, 11) is -7.79. The van der Waals surface area contributed by atoms with E-state index in [4.69, 9.17) is 34.8 Å². The molecule has 0 aliphatic carbocycles. The summed E-state index contributed by atoms with van der Waals surface area (Å²) in [5, 5.41) is 2.96. The molecular formula is C21H18Cl3N3O5S2. The third kappa shape index (κ3) is 6.34. The summed E-state index contributed by atoms with van der Waals surface area (Å²) < 4.78 is 53.0. The van der Waals surface area contributed by atoms with E-state index < -0.39 is 32.5 Å². The minimum atomic E-state index is -3.98. The van der Waals surface area contributed by atoms with Gasteiger partial charge < -0.3 is 5.32 Å². The molecule has 8 nitrogen and oxygen atoms in total. The second-order valence-corrected chi connectivity index (χ2v) is 11.8. The molecule has 0 radical (unpaired) electrons. The van der Waals surface area contributed by atoms with Crippen LogP contribution in [0.5, 0.6) is 0 Å². The summed E-state index contributed by atoms with van der Waals surface area (Å²) in [4.78, 5) is 12.4. The molecule has 0 aromatic heterocycles. The van der Waals surface area contributed by atoms with E-state index in [1.54, 1.807) is 18.2 Å². The third-order valence-electron chi connectivity index (χ3n) is 4.45. The van der Waals surface area contributed by atoms with Crippen molar-refractivity contribution in [3.63, 3.8) is 0 Å². The zero-order chi connectivity index (χ0) is 25.1. The number of amides is 1. The molecule has 13 heteroatoms. The van der Waals surface area contributed by atoms with Gasteiger partial charge in [0.2, 0.25) is 15.9 Å². The van der Waals surface area contributed by atoms with Crippen molar-refractivity contribution in [2.75, 3.05) is 27.1 Å². The quantitative estimate of drug-likeness (QED) is 0.407. The fourth-order valence-corrected chi connectivity index (χ4v) is 5.50. The van der Waals surface area contributed by atoms with Crippen LogP contribution < -0.4 is 14.3 Å². The van der Waals surface area contributed by atoms with E-state index >= 15 is 0 Å². The Morgan fingerprint density at radius 1 is 0.853 bits per heavy atom. The van der Waals surface area contributed by atoms with Crippen molar-refractivity contribution in [2.24, 2.45) is 0 Å². The summed E-state index contributed by atoms with van der Waals surface area (Å²) in [6, 6.07) is 16.1. The minimum absolute atomic E-state index is 0.0607. The van der Waals surface area contributed by atoms with E-state index in [-0.39, 0.29) is 37.0 Å². The molecule has 0 aliphatic rings. The molecule has 180 valence electrons. The normalized spacial score (nSPS) is 11.6. The Bertz CT molecular complexity index is 1430. The van der Waals surface area contributed by atoms with Crippen molar-refractivity contribution in [2.45, 2.75) is 4.90 Å². The highest BCUT2D eigenvalue weighted by atomic mass is 35.5. The fraction of sp³-hybridized carbons (Fsp3) is 0.0952. The first-order chi connectivity index (χ1) is 15.9. The highest BCUT2D eigenvalue weighted by Gasteiger charge is 2.23. The lowest BCUT2D eigenvalue weighted by molar-refractivity contribution is -0.114. The van der Waals surface area contributed by atoms with Crippen molar-refractivity contribution in [1.29, 1.82) is 0 Å². The zero-order valence-electron chi connectivity index (χ0n) is 17.5. The Balaban J connectivity index is 1.74. The first-order valence-electron chi connectivity index (χ1n) is 9.47. The van der Waals surface area contributed by atoms with Gasteiger partial charge in [0.15, 0.2) is 0 Å². The molecule has 0 spiro atoms. The Morgan fingerprint density at radius 2 is 1.47 bits per heavy atom. The third-order valence-corrected chi connectivity index (χ3v) is 8.10. The first kappa shape index (κ1) is 26.1. The molecule has 0 saturated carbocycles. The Kier molecular flexibility index (Phi) is 7.99. The number of sulfonamides is 2. The zero-order valence-corrected chi connectivity index (χ0v) is 21.4. The van der Waals surface area contributed by atoms with Gasteiger partial charge in [-0.2, -0.15) is 0 Å².